The number of nitrogens with zero attached hydrogens (tertiary/aromatic N) is 2. The molecule has 0 aromatic heterocycles. The van der Waals surface area contributed by atoms with Crippen LogP contribution in [0.3, 0.4) is 0 Å². The molecule has 3 nitrogen and oxygen atoms in total. The fourth-order valence-electron chi connectivity index (χ4n) is 3.98. The van der Waals surface area contributed by atoms with E-state index in [0.717, 1.165) is 19.0 Å². The highest BCUT2D eigenvalue weighted by molar-refractivity contribution is 5.78. The molecule has 0 aromatic rings. The largest absolute Gasteiger partial charge is 0.338 e. The van der Waals surface area contributed by atoms with Crippen LogP contribution in [0.2, 0.25) is 0 Å². The summed E-state index contributed by atoms with van der Waals surface area (Å²) in [6.45, 7) is 7.12. The van der Waals surface area contributed by atoms with Gasteiger partial charge in [0.2, 0.25) is 5.91 Å². The predicted octanol–water partition coefficient (Wildman–Crippen LogP) is 3.15. The summed E-state index contributed by atoms with van der Waals surface area (Å²) in [6, 6.07) is 0.557. The summed E-state index contributed by atoms with van der Waals surface area (Å²) in [5, 5.41) is 0. The van der Waals surface area contributed by atoms with Crippen LogP contribution < -0.4 is 0 Å². The number of rotatable bonds is 5. The molecule has 0 bridgehead atoms. The lowest BCUT2D eigenvalue weighted by Gasteiger charge is -2.44. The van der Waals surface area contributed by atoms with Gasteiger partial charge in [-0.2, -0.15) is 0 Å². The minimum Gasteiger partial charge on any atom is -0.338 e. The maximum Gasteiger partial charge on any atom is 0.236 e. The normalized spacial score (nSPS) is 28.3. The van der Waals surface area contributed by atoms with Gasteiger partial charge in [-0.15, -0.1) is 0 Å². The van der Waals surface area contributed by atoms with Crippen LogP contribution in [0.5, 0.6) is 0 Å². The van der Waals surface area contributed by atoms with Gasteiger partial charge in [-0.25, -0.2) is 0 Å². The molecule has 2 fully saturated rings. The van der Waals surface area contributed by atoms with Crippen molar-refractivity contribution in [3.63, 3.8) is 0 Å². The monoisotopic (exact) mass is 280 g/mol. The maximum absolute atomic E-state index is 12.6. The molecule has 1 aliphatic heterocycles. The van der Waals surface area contributed by atoms with Crippen molar-refractivity contribution in [2.45, 2.75) is 64.8 Å². The van der Waals surface area contributed by atoms with Gasteiger partial charge in [0.1, 0.15) is 0 Å². The third-order valence-corrected chi connectivity index (χ3v) is 5.29. The first-order chi connectivity index (χ1) is 9.61. The number of likely N-dealkylation sites (N-methyl/N-ethyl adjacent to an activating group) is 1. The molecule has 20 heavy (non-hydrogen) atoms. The summed E-state index contributed by atoms with van der Waals surface area (Å²) in [6.07, 6.45) is 9.01. The molecule has 116 valence electrons. The van der Waals surface area contributed by atoms with Crippen LogP contribution in [0.4, 0.5) is 0 Å². The number of amides is 1. The average Bonchev–Trinajstić information content (AvgIpc) is 2.46. The molecule has 2 aliphatic rings. The van der Waals surface area contributed by atoms with Crippen LogP contribution >= 0.6 is 0 Å². The predicted molar refractivity (Wildman–Crippen MR) is 83.6 cm³/mol. The van der Waals surface area contributed by atoms with Crippen molar-refractivity contribution >= 4 is 5.91 Å². The number of piperidine rings is 1. The Hall–Kier alpha value is -0.570. The number of hydrogen-bond acceptors (Lipinski definition) is 2. The highest BCUT2D eigenvalue weighted by Crippen LogP contribution is 2.35. The standard InChI is InChI=1S/C17H32N2O/c1-4-14(2)12-18(3)13-17(20)19-11-7-9-15-8-5-6-10-16(15)19/h14-16H,4-13H2,1-3H3/t14-,15-,16+/m0/s1. The molecule has 0 N–H and O–H groups in total. The average molecular weight is 280 g/mol. The van der Waals surface area contributed by atoms with Crippen LogP contribution in [0.25, 0.3) is 0 Å². The molecule has 2 rings (SSSR count). The van der Waals surface area contributed by atoms with Gasteiger partial charge >= 0.3 is 0 Å². The van der Waals surface area contributed by atoms with Crippen molar-refractivity contribution in [3.8, 4) is 0 Å². The molecule has 1 saturated carbocycles. The summed E-state index contributed by atoms with van der Waals surface area (Å²) in [4.78, 5) is 17.1. The van der Waals surface area contributed by atoms with E-state index in [2.05, 4.69) is 30.7 Å². The van der Waals surface area contributed by atoms with E-state index < -0.39 is 0 Å². The molecule has 3 heteroatoms. The third kappa shape index (κ3) is 3.97. The molecule has 1 amide bonds. The molecule has 1 saturated heterocycles. The molecule has 0 unspecified atom stereocenters. The Morgan fingerprint density at radius 3 is 2.70 bits per heavy atom. The SMILES string of the molecule is CC[C@H](C)CN(C)CC(=O)N1CCC[C@@H]2CCCC[C@H]21. The van der Waals surface area contributed by atoms with E-state index in [1.807, 2.05) is 0 Å². The van der Waals surface area contributed by atoms with Gasteiger partial charge in [0.05, 0.1) is 6.54 Å². The summed E-state index contributed by atoms with van der Waals surface area (Å²) in [5.74, 6) is 1.84. The third-order valence-electron chi connectivity index (χ3n) is 5.29. The Morgan fingerprint density at radius 1 is 1.25 bits per heavy atom. The van der Waals surface area contributed by atoms with Gasteiger partial charge in [0.25, 0.3) is 0 Å². The summed E-state index contributed by atoms with van der Waals surface area (Å²) in [5.41, 5.74) is 0. The van der Waals surface area contributed by atoms with E-state index in [9.17, 15) is 4.79 Å². The number of carbonyl (C=O) groups excluding carboxylic acids is 1. The molecule has 1 aliphatic carbocycles. The second kappa shape index (κ2) is 7.44. The smallest absolute Gasteiger partial charge is 0.236 e. The molecule has 3 atom stereocenters. The molecule has 0 spiro atoms. The van der Waals surface area contributed by atoms with Crippen LogP contribution in [-0.4, -0.2) is 48.4 Å². The first-order valence-electron chi connectivity index (χ1n) is 8.59. The number of hydrogen-bond donors (Lipinski definition) is 0. The zero-order valence-corrected chi connectivity index (χ0v) is 13.6. The minimum absolute atomic E-state index is 0.368. The van der Waals surface area contributed by atoms with Crippen molar-refractivity contribution < 1.29 is 4.79 Å². The van der Waals surface area contributed by atoms with Gasteiger partial charge < -0.3 is 4.90 Å². The van der Waals surface area contributed by atoms with Gasteiger partial charge in [0.15, 0.2) is 0 Å². The number of fused-ring (bicyclic) bond motifs is 1. The van der Waals surface area contributed by atoms with Crippen LogP contribution in [0.1, 0.15) is 58.8 Å². The first kappa shape index (κ1) is 15.8. The molecular weight excluding hydrogens is 248 g/mol. The van der Waals surface area contributed by atoms with Crippen molar-refractivity contribution in [1.82, 2.24) is 9.80 Å². The Balaban J connectivity index is 1.87. The fourth-order valence-corrected chi connectivity index (χ4v) is 3.98. The summed E-state index contributed by atoms with van der Waals surface area (Å²) in [7, 11) is 2.09. The highest BCUT2D eigenvalue weighted by Gasteiger charge is 2.35. The van der Waals surface area contributed by atoms with Crippen LogP contribution in [-0.2, 0) is 4.79 Å². The Labute approximate surface area is 124 Å². The summed E-state index contributed by atoms with van der Waals surface area (Å²) < 4.78 is 0. The molecule has 0 radical (unpaired) electrons. The maximum atomic E-state index is 12.6. The van der Waals surface area contributed by atoms with E-state index in [4.69, 9.17) is 0 Å². The lowest BCUT2D eigenvalue weighted by atomic mass is 9.78. The second-order valence-corrected chi connectivity index (χ2v) is 7.05. The van der Waals surface area contributed by atoms with Crippen molar-refractivity contribution in [2.24, 2.45) is 11.8 Å². The highest BCUT2D eigenvalue weighted by atomic mass is 16.2. The van der Waals surface area contributed by atoms with Gasteiger partial charge in [-0.05, 0) is 44.6 Å². The number of carbonyl (C=O) groups is 1. The zero-order chi connectivity index (χ0) is 14.5. The van der Waals surface area contributed by atoms with E-state index in [-0.39, 0.29) is 0 Å². The van der Waals surface area contributed by atoms with Gasteiger partial charge in [0, 0.05) is 19.1 Å². The fraction of sp³-hybridized carbons (Fsp3) is 0.941. The molecule has 0 aromatic carbocycles. The van der Waals surface area contributed by atoms with E-state index in [0.29, 0.717) is 24.4 Å². The lowest BCUT2D eigenvalue weighted by Crippen LogP contribution is -2.52. The van der Waals surface area contributed by atoms with Crippen molar-refractivity contribution in [1.29, 1.82) is 0 Å². The number of likely N-dealkylation sites (tertiary alicyclic amines) is 1. The molecular formula is C17H32N2O. The van der Waals surface area contributed by atoms with Gasteiger partial charge in [-0.3, -0.25) is 9.69 Å². The van der Waals surface area contributed by atoms with E-state index in [1.54, 1.807) is 0 Å². The second-order valence-electron chi connectivity index (χ2n) is 7.05. The van der Waals surface area contributed by atoms with Crippen molar-refractivity contribution in [2.75, 3.05) is 26.7 Å². The summed E-state index contributed by atoms with van der Waals surface area (Å²) >= 11 is 0. The van der Waals surface area contributed by atoms with Crippen LogP contribution in [0, 0.1) is 11.8 Å². The Bertz CT molecular complexity index is 316. The van der Waals surface area contributed by atoms with E-state index >= 15 is 0 Å². The minimum atomic E-state index is 0.368. The topological polar surface area (TPSA) is 23.6 Å². The zero-order valence-electron chi connectivity index (χ0n) is 13.6. The Morgan fingerprint density at radius 2 is 1.95 bits per heavy atom. The first-order valence-corrected chi connectivity index (χ1v) is 8.59. The van der Waals surface area contributed by atoms with Gasteiger partial charge in [-0.1, -0.05) is 33.1 Å². The lowest BCUT2D eigenvalue weighted by molar-refractivity contribution is -0.138. The van der Waals surface area contributed by atoms with Crippen molar-refractivity contribution in [3.05, 3.63) is 0 Å². The quantitative estimate of drug-likeness (QED) is 0.772. The van der Waals surface area contributed by atoms with Crippen LogP contribution in [0.15, 0.2) is 0 Å². The van der Waals surface area contributed by atoms with E-state index in [1.165, 1.54) is 44.9 Å². The molecule has 1 heterocycles. The Kier molecular flexibility index (Phi) is 5.88.